The third-order valence-electron chi connectivity index (χ3n) is 1.16. The van der Waals surface area contributed by atoms with E-state index in [2.05, 4.69) is 15.0 Å². The van der Waals surface area contributed by atoms with Gasteiger partial charge in [-0.05, 0) is 0 Å². The van der Waals surface area contributed by atoms with E-state index in [1.807, 2.05) is 0 Å². The van der Waals surface area contributed by atoms with Crippen LogP contribution >= 0.6 is 0 Å². The van der Waals surface area contributed by atoms with Gasteiger partial charge < -0.3 is 5.21 Å². The lowest BCUT2D eigenvalue weighted by Gasteiger charge is -1.95. The van der Waals surface area contributed by atoms with Gasteiger partial charge in [-0.1, -0.05) is 0 Å². The molecule has 0 saturated heterocycles. The van der Waals surface area contributed by atoms with E-state index in [1.54, 1.807) is 0 Å². The lowest BCUT2D eigenvalue weighted by Crippen LogP contribution is -1.95. The van der Waals surface area contributed by atoms with Crippen molar-refractivity contribution in [2.45, 2.75) is 0 Å². The van der Waals surface area contributed by atoms with Crippen LogP contribution in [0.4, 0.5) is 0 Å². The third kappa shape index (κ3) is 0.604. The van der Waals surface area contributed by atoms with E-state index in [-0.39, 0.29) is 0 Å². The molecule has 0 aromatic rings. The van der Waals surface area contributed by atoms with Gasteiger partial charge in [0.25, 0.3) is 0 Å². The molecular formula is C5H4N4O. The van der Waals surface area contributed by atoms with Crippen LogP contribution in [-0.4, -0.2) is 24.9 Å². The van der Waals surface area contributed by atoms with Gasteiger partial charge in [0.2, 0.25) is 0 Å². The highest BCUT2D eigenvalue weighted by Crippen LogP contribution is 2.09. The molecule has 0 aromatic heterocycles. The highest BCUT2D eigenvalue weighted by Gasteiger charge is 2.04. The average Bonchev–Trinajstić information content (AvgIpc) is 2.33. The Balaban J connectivity index is 2.75. The molecule has 50 valence electrons. The van der Waals surface area contributed by atoms with E-state index in [9.17, 15) is 0 Å². The van der Waals surface area contributed by atoms with Crippen LogP contribution in [0.5, 0.6) is 0 Å². The summed E-state index contributed by atoms with van der Waals surface area (Å²) < 4.78 is 0.844. The second-order valence-electron chi connectivity index (χ2n) is 1.84. The van der Waals surface area contributed by atoms with Crippen LogP contribution in [0.1, 0.15) is 0 Å². The first-order valence-corrected chi connectivity index (χ1v) is 2.70. The molecule has 0 saturated carbocycles. The summed E-state index contributed by atoms with van der Waals surface area (Å²) in [6.07, 6.45) is 4.10. The Kier molecular flexibility index (Phi) is 0.858. The Morgan fingerprint density at radius 3 is 3.10 bits per heavy atom. The van der Waals surface area contributed by atoms with Gasteiger partial charge in [-0.3, -0.25) is 0 Å². The molecule has 5 heteroatoms. The number of rotatable bonds is 0. The number of hydrogen-bond acceptors (Lipinski definition) is 4. The molecule has 2 aliphatic rings. The zero-order valence-electron chi connectivity index (χ0n) is 4.97. The first-order chi connectivity index (χ1) is 4.86. The van der Waals surface area contributed by atoms with Crippen LogP contribution in [0, 0.1) is 0 Å². The van der Waals surface area contributed by atoms with Crippen LogP contribution in [0.25, 0.3) is 11.5 Å². The van der Waals surface area contributed by atoms with Crippen LogP contribution in [0.3, 0.4) is 0 Å². The van der Waals surface area contributed by atoms with E-state index in [0.717, 1.165) is 4.73 Å². The molecule has 0 atom stereocenters. The van der Waals surface area contributed by atoms with Gasteiger partial charge >= 0.3 is 0 Å². The molecule has 0 aliphatic carbocycles. The maximum atomic E-state index is 8.84. The summed E-state index contributed by atoms with van der Waals surface area (Å²) in [7, 11) is 0. The molecule has 2 aliphatic heterocycles. The van der Waals surface area contributed by atoms with E-state index in [4.69, 9.17) is 5.21 Å². The first-order valence-electron chi connectivity index (χ1n) is 2.70. The number of nitrogens with zero attached hydrogens (tertiary/aromatic N) is 4. The zero-order valence-corrected chi connectivity index (χ0v) is 4.97. The summed E-state index contributed by atoms with van der Waals surface area (Å²) in [5.41, 5.74) is 0.588. The highest BCUT2D eigenvalue weighted by molar-refractivity contribution is 5.47. The van der Waals surface area contributed by atoms with Gasteiger partial charge in [0, 0.05) is 0 Å². The van der Waals surface area contributed by atoms with E-state index >= 15 is 0 Å². The lowest BCUT2D eigenvalue weighted by molar-refractivity contribution is 0.181. The summed E-state index contributed by atoms with van der Waals surface area (Å²) in [6, 6.07) is 0. The Hall–Kier alpha value is -1.65. The fraction of sp³-hybridized carbons (Fsp3) is 0. The van der Waals surface area contributed by atoms with Crippen molar-refractivity contribution in [3.63, 3.8) is 0 Å². The molecule has 0 bridgehead atoms. The Labute approximate surface area is 56.3 Å². The minimum absolute atomic E-state index is 0.547. The van der Waals surface area contributed by atoms with Gasteiger partial charge in [0.05, 0.1) is 6.20 Å². The van der Waals surface area contributed by atoms with Gasteiger partial charge in [-0.2, -0.15) is 4.73 Å². The average molecular weight is 136 g/mol. The summed E-state index contributed by atoms with van der Waals surface area (Å²) in [6.45, 7) is 0. The topological polar surface area (TPSA) is 63.8 Å². The number of fused-ring (bicyclic) bond motifs is 1. The molecular weight excluding hydrogens is 132 g/mol. The van der Waals surface area contributed by atoms with E-state index in [1.165, 1.54) is 18.9 Å². The Bertz CT molecular complexity index is 318. The molecule has 1 N–H and O–H groups in total. The van der Waals surface area contributed by atoms with Gasteiger partial charge in [0.15, 0.2) is 5.82 Å². The Morgan fingerprint density at radius 1 is 1.30 bits per heavy atom. The van der Waals surface area contributed by atoms with Crippen LogP contribution in [0.15, 0.2) is 18.9 Å². The molecule has 0 amide bonds. The fourth-order valence-corrected chi connectivity index (χ4v) is 0.733. The Morgan fingerprint density at radius 2 is 2.20 bits per heavy atom. The van der Waals surface area contributed by atoms with Crippen molar-refractivity contribution < 1.29 is 5.21 Å². The molecule has 2 heterocycles. The largest absolute Gasteiger partial charge is 0.427 e. The third-order valence-corrected chi connectivity index (χ3v) is 1.16. The predicted octanol–water partition coefficient (Wildman–Crippen LogP) is 0.0152. The van der Waals surface area contributed by atoms with Crippen LogP contribution < -0.4 is 0 Å². The van der Waals surface area contributed by atoms with Gasteiger partial charge in [-0.25, -0.2) is 15.0 Å². The predicted molar refractivity (Wildman–Crippen MR) is 31.6 cm³/mol. The number of aromatic nitrogens is 4. The molecule has 0 radical (unpaired) electrons. The van der Waals surface area contributed by atoms with Crippen molar-refractivity contribution >= 4 is 0 Å². The van der Waals surface area contributed by atoms with Crippen molar-refractivity contribution in [1.29, 1.82) is 0 Å². The molecule has 0 unspecified atom stereocenters. The number of imidazole rings is 1. The summed E-state index contributed by atoms with van der Waals surface area (Å²) >= 11 is 0. The minimum atomic E-state index is 0.547. The monoisotopic (exact) mass is 136 g/mol. The van der Waals surface area contributed by atoms with Crippen LogP contribution in [0.2, 0.25) is 0 Å². The first kappa shape index (κ1) is 5.16. The molecule has 0 fully saturated rings. The van der Waals surface area contributed by atoms with Crippen molar-refractivity contribution in [3.8, 4) is 11.5 Å². The van der Waals surface area contributed by atoms with E-state index in [0.29, 0.717) is 11.5 Å². The van der Waals surface area contributed by atoms with Crippen molar-refractivity contribution in [1.82, 2.24) is 19.7 Å². The second-order valence-corrected chi connectivity index (χ2v) is 1.84. The fourth-order valence-electron chi connectivity index (χ4n) is 0.733. The summed E-state index contributed by atoms with van der Waals surface area (Å²) in [4.78, 5) is 11.4. The zero-order chi connectivity index (χ0) is 6.97. The summed E-state index contributed by atoms with van der Waals surface area (Å²) in [5.74, 6) is 0.547. The quantitative estimate of drug-likeness (QED) is 0.518. The van der Waals surface area contributed by atoms with Crippen molar-refractivity contribution in [2.24, 2.45) is 0 Å². The summed E-state index contributed by atoms with van der Waals surface area (Å²) in [5, 5.41) is 8.84. The van der Waals surface area contributed by atoms with Gasteiger partial charge in [-0.15, -0.1) is 0 Å². The smallest absolute Gasteiger partial charge is 0.182 e. The molecule has 0 aromatic carbocycles. The molecule has 0 spiro atoms. The normalized spacial score (nSPS) is 10.4. The van der Waals surface area contributed by atoms with Crippen molar-refractivity contribution in [2.75, 3.05) is 0 Å². The highest BCUT2D eigenvalue weighted by atomic mass is 16.5. The minimum Gasteiger partial charge on any atom is -0.427 e. The second kappa shape index (κ2) is 1.66. The van der Waals surface area contributed by atoms with Crippen LogP contribution in [-0.2, 0) is 0 Å². The van der Waals surface area contributed by atoms with E-state index < -0.39 is 0 Å². The molecule has 2 rings (SSSR count). The molecule has 10 heavy (non-hydrogen) atoms. The maximum absolute atomic E-state index is 8.84. The maximum Gasteiger partial charge on any atom is 0.182 e. The van der Waals surface area contributed by atoms with Gasteiger partial charge in [0.1, 0.15) is 18.3 Å². The van der Waals surface area contributed by atoms with Crippen molar-refractivity contribution in [3.05, 3.63) is 18.9 Å². The SMILES string of the molecule is On1cnc2ncnc-2c1. The number of hydrogen-bond donors (Lipinski definition) is 1. The molecule has 5 nitrogen and oxygen atoms in total. The standard InChI is InChI=1S/C5H4N4O/c10-9-1-4-5(8-3-9)7-2-6-4/h1-3,10H. The lowest BCUT2D eigenvalue weighted by atomic mass is 10.4.